The van der Waals surface area contributed by atoms with E-state index in [9.17, 15) is 30.0 Å². The van der Waals surface area contributed by atoms with E-state index in [0.29, 0.717) is 44.5 Å². The molecule has 8 nitrogen and oxygen atoms in total. The summed E-state index contributed by atoms with van der Waals surface area (Å²) >= 11 is 32.1. The van der Waals surface area contributed by atoms with Gasteiger partial charge in [-0.3, -0.25) is 0 Å². The van der Waals surface area contributed by atoms with Gasteiger partial charge < -0.3 is 29.9 Å². The fraction of sp³-hybridized carbons (Fsp3) is 0.0417. The Morgan fingerprint density at radius 1 is 0.419 bits per heavy atom. The number of halogens is 6. The molecule has 2 aliphatic rings. The first-order valence-corrected chi connectivity index (χ1v) is 21.6. The molecule has 4 N–H and O–H groups in total. The van der Waals surface area contributed by atoms with Gasteiger partial charge in [-0.2, -0.15) is 0 Å². The molecule has 0 radical (unpaired) electrons. The normalized spacial score (nSPS) is 14.5. The Balaban J connectivity index is 0.000000158. The highest BCUT2D eigenvalue weighted by Gasteiger charge is 2.48. The van der Waals surface area contributed by atoms with Gasteiger partial charge in [0.25, 0.3) is 0 Å². The Morgan fingerprint density at radius 2 is 0.758 bits per heavy atom. The van der Waals surface area contributed by atoms with Crippen molar-refractivity contribution in [3.05, 3.63) is 207 Å². The van der Waals surface area contributed by atoms with E-state index < -0.39 is 23.1 Å². The van der Waals surface area contributed by atoms with E-state index in [2.05, 4.69) is 31.9 Å². The standard InChI is InChI=1S/2C24H13BrCl2O4/c25-17-7-6-15-22-14(17)2-1-3-16(22)24(31-23(15)30,12-4-8-20(28)18(26)10-12)13-5-9-21(29)19(27)11-13;25-17-7-6-16-22-14(17)2-1-3-15(22)23(30)31-24(16,12-4-8-20(28)18(26)10-12)13-5-9-21(29)19(27)11-13/h2*1-11,28-29H. The van der Waals surface area contributed by atoms with Gasteiger partial charge in [-0.1, -0.05) is 139 Å². The van der Waals surface area contributed by atoms with Crippen LogP contribution in [0.25, 0.3) is 21.5 Å². The van der Waals surface area contributed by atoms with Crippen LogP contribution in [0.5, 0.6) is 23.0 Å². The van der Waals surface area contributed by atoms with Gasteiger partial charge in [0, 0.05) is 53.1 Å². The average molecular weight is 1030 g/mol. The molecule has 0 bridgehead atoms. The molecule has 0 spiro atoms. The Hall–Kier alpha value is -5.46. The van der Waals surface area contributed by atoms with Crippen LogP contribution in [0.3, 0.4) is 0 Å². The zero-order chi connectivity index (χ0) is 43.8. The van der Waals surface area contributed by atoms with Crippen molar-refractivity contribution in [2.75, 3.05) is 0 Å². The lowest BCUT2D eigenvalue weighted by molar-refractivity contribution is 0.0116. The van der Waals surface area contributed by atoms with Gasteiger partial charge in [-0.15, -0.1) is 0 Å². The van der Waals surface area contributed by atoms with Crippen molar-refractivity contribution in [1.82, 2.24) is 0 Å². The number of esters is 2. The monoisotopic (exact) mass is 1030 g/mol. The van der Waals surface area contributed by atoms with E-state index in [1.807, 2.05) is 42.5 Å². The molecule has 0 fully saturated rings. The van der Waals surface area contributed by atoms with Gasteiger partial charge in [0.2, 0.25) is 0 Å². The molecule has 2 aliphatic heterocycles. The first-order valence-electron chi connectivity index (χ1n) is 18.5. The van der Waals surface area contributed by atoms with Crippen molar-refractivity contribution < 1.29 is 39.5 Å². The number of rotatable bonds is 4. The minimum atomic E-state index is -1.40. The zero-order valence-electron chi connectivity index (χ0n) is 31.4. The number of carbonyl (C=O) groups is 2. The maximum absolute atomic E-state index is 13.2. The molecule has 0 aliphatic carbocycles. The van der Waals surface area contributed by atoms with Gasteiger partial charge >= 0.3 is 11.9 Å². The second-order valence-electron chi connectivity index (χ2n) is 14.5. The highest BCUT2D eigenvalue weighted by Crippen LogP contribution is 2.52. The van der Waals surface area contributed by atoms with Crippen LogP contribution in [0.4, 0.5) is 0 Å². The minimum Gasteiger partial charge on any atom is -0.506 e. The number of aromatic hydroxyl groups is 4. The second kappa shape index (κ2) is 15.7. The van der Waals surface area contributed by atoms with Gasteiger partial charge in [0.05, 0.1) is 31.2 Å². The van der Waals surface area contributed by atoms with Crippen LogP contribution in [-0.2, 0) is 20.7 Å². The molecular weight excluding hydrogens is 1010 g/mol. The number of carbonyl (C=O) groups excluding carboxylic acids is 2. The number of hydrogen-bond donors (Lipinski definition) is 4. The molecule has 0 amide bonds. The van der Waals surface area contributed by atoms with Crippen LogP contribution < -0.4 is 0 Å². The first-order chi connectivity index (χ1) is 29.6. The van der Waals surface area contributed by atoms with E-state index in [1.165, 1.54) is 24.3 Å². The number of phenols is 4. The lowest BCUT2D eigenvalue weighted by atomic mass is 9.75. The Bertz CT molecular complexity index is 2960. The van der Waals surface area contributed by atoms with Crippen LogP contribution in [0.15, 0.2) is 142 Å². The van der Waals surface area contributed by atoms with Crippen molar-refractivity contribution >= 4 is 112 Å². The second-order valence-corrected chi connectivity index (χ2v) is 17.8. The fourth-order valence-electron chi connectivity index (χ4n) is 8.26. The van der Waals surface area contributed by atoms with Gasteiger partial charge in [0.1, 0.15) is 23.0 Å². The van der Waals surface area contributed by atoms with Crippen molar-refractivity contribution in [2.24, 2.45) is 0 Å². The van der Waals surface area contributed by atoms with Crippen molar-refractivity contribution in [2.45, 2.75) is 11.2 Å². The summed E-state index contributed by atoms with van der Waals surface area (Å²) in [5, 5.41) is 43.5. The number of ether oxygens (including phenoxy) is 2. The zero-order valence-corrected chi connectivity index (χ0v) is 37.6. The minimum absolute atomic E-state index is 0.0900. The van der Waals surface area contributed by atoms with Crippen LogP contribution in [-0.4, -0.2) is 32.4 Å². The summed E-state index contributed by atoms with van der Waals surface area (Å²) < 4.78 is 14.0. The number of hydrogen-bond acceptors (Lipinski definition) is 8. The summed E-state index contributed by atoms with van der Waals surface area (Å²) in [5.74, 6) is -1.38. The van der Waals surface area contributed by atoms with Crippen molar-refractivity contribution in [1.29, 1.82) is 0 Å². The summed E-state index contributed by atoms with van der Waals surface area (Å²) in [7, 11) is 0. The summed E-state index contributed by atoms with van der Waals surface area (Å²) in [6.45, 7) is 0. The van der Waals surface area contributed by atoms with Crippen LogP contribution in [0.1, 0.15) is 54.1 Å². The van der Waals surface area contributed by atoms with E-state index >= 15 is 0 Å². The molecule has 0 aromatic heterocycles. The quantitative estimate of drug-likeness (QED) is 0.128. The van der Waals surface area contributed by atoms with Gasteiger partial charge in [-0.05, 0) is 83.6 Å². The third kappa shape index (κ3) is 6.55. The van der Waals surface area contributed by atoms with Crippen LogP contribution >= 0.6 is 78.3 Å². The predicted molar refractivity (Wildman–Crippen MR) is 246 cm³/mol. The van der Waals surface area contributed by atoms with Crippen molar-refractivity contribution in [3.8, 4) is 23.0 Å². The molecule has 14 heteroatoms. The molecule has 308 valence electrons. The SMILES string of the molecule is O=C1OC(c2ccc(O)c(Cl)c2)(c2ccc(O)c(Cl)c2)c2ccc(Br)c3cccc1c23.O=C1OC(c2ccc(O)c(Cl)c2)(c2ccc(O)c(Cl)c2)c2cccc3c(Br)ccc1c23. The molecule has 62 heavy (non-hydrogen) atoms. The lowest BCUT2D eigenvalue weighted by Gasteiger charge is -2.39. The summed E-state index contributed by atoms with van der Waals surface area (Å²) in [6, 6.07) is 37.1. The number of benzene rings is 8. The summed E-state index contributed by atoms with van der Waals surface area (Å²) in [6.07, 6.45) is 0. The molecule has 0 unspecified atom stereocenters. The van der Waals surface area contributed by atoms with Gasteiger partial charge in [0.15, 0.2) is 11.2 Å². The van der Waals surface area contributed by atoms with Gasteiger partial charge in [-0.25, -0.2) is 9.59 Å². The maximum Gasteiger partial charge on any atom is 0.340 e. The average Bonchev–Trinajstić information content (AvgIpc) is 3.26. The molecule has 0 atom stereocenters. The lowest BCUT2D eigenvalue weighted by Crippen LogP contribution is -2.38. The van der Waals surface area contributed by atoms with Crippen molar-refractivity contribution in [3.63, 3.8) is 0 Å². The molecular formula is C48H26Br2Cl4O8. The largest absolute Gasteiger partial charge is 0.506 e. The Morgan fingerprint density at radius 3 is 1.15 bits per heavy atom. The highest BCUT2D eigenvalue weighted by molar-refractivity contribution is 9.11. The Kier molecular flexibility index (Phi) is 10.6. The van der Waals surface area contributed by atoms with E-state index in [0.717, 1.165) is 30.5 Å². The molecule has 2 heterocycles. The predicted octanol–water partition coefficient (Wildman–Crippen LogP) is 13.6. The molecule has 0 saturated carbocycles. The third-order valence-electron chi connectivity index (χ3n) is 11.1. The van der Waals surface area contributed by atoms with E-state index in [4.69, 9.17) is 55.9 Å². The van der Waals surface area contributed by atoms with Crippen LogP contribution in [0.2, 0.25) is 20.1 Å². The third-order valence-corrected chi connectivity index (χ3v) is 13.7. The number of cyclic esters (lactones) is 2. The summed E-state index contributed by atoms with van der Waals surface area (Å²) in [5.41, 5.74) is 1.63. The highest BCUT2D eigenvalue weighted by atomic mass is 79.9. The first kappa shape index (κ1) is 41.9. The molecule has 8 aromatic rings. The molecule has 8 aromatic carbocycles. The summed E-state index contributed by atoms with van der Waals surface area (Å²) in [4.78, 5) is 26.5. The number of phenolic OH excluding ortho intramolecular Hbond substituents is 4. The van der Waals surface area contributed by atoms with E-state index in [-0.39, 0.29) is 43.1 Å². The molecule has 10 rings (SSSR count). The topological polar surface area (TPSA) is 134 Å². The van der Waals surface area contributed by atoms with E-state index in [1.54, 1.807) is 66.7 Å². The smallest absolute Gasteiger partial charge is 0.340 e. The fourth-order valence-corrected chi connectivity index (χ4v) is 9.91. The van der Waals surface area contributed by atoms with Crippen LogP contribution in [0, 0.1) is 0 Å². The molecule has 0 saturated heterocycles. The Labute approximate surface area is 389 Å². The maximum atomic E-state index is 13.2.